The van der Waals surface area contributed by atoms with Crippen molar-refractivity contribution in [3.05, 3.63) is 105 Å². The quantitative estimate of drug-likeness (QED) is 0.399. The first-order valence-corrected chi connectivity index (χ1v) is 10.4. The van der Waals surface area contributed by atoms with Crippen molar-refractivity contribution in [1.29, 1.82) is 0 Å². The van der Waals surface area contributed by atoms with Gasteiger partial charge in [-0.2, -0.15) is 0 Å². The maximum absolute atomic E-state index is 14.9. The summed E-state index contributed by atoms with van der Waals surface area (Å²) in [4.78, 5) is 28.3. The molecule has 160 valence electrons. The Labute approximate surface area is 187 Å². The summed E-state index contributed by atoms with van der Waals surface area (Å²) in [7, 11) is 0. The van der Waals surface area contributed by atoms with E-state index in [-0.39, 0.29) is 27.9 Å². The monoisotopic (exact) mass is 449 g/mol. The Morgan fingerprint density at radius 1 is 1.06 bits per heavy atom. The van der Waals surface area contributed by atoms with Crippen molar-refractivity contribution < 1.29 is 18.3 Å². The van der Waals surface area contributed by atoms with Gasteiger partial charge in [-0.3, -0.25) is 14.5 Å². The summed E-state index contributed by atoms with van der Waals surface area (Å²) >= 11 is 6.08. The summed E-state index contributed by atoms with van der Waals surface area (Å²) in [5, 5.41) is 0.596. The smallest absolute Gasteiger partial charge is 0.295 e. The van der Waals surface area contributed by atoms with Crippen molar-refractivity contribution in [2.75, 3.05) is 11.5 Å². The van der Waals surface area contributed by atoms with Gasteiger partial charge in [-0.1, -0.05) is 29.8 Å². The average Bonchev–Trinajstić information content (AvgIpc) is 3.08. The second kappa shape index (κ2) is 7.80. The van der Waals surface area contributed by atoms with Crippen molar-refractivity contribution in [3.63, 3.8) is 0 Å². The minimum absolute atomic E-state index is 0.0868. The summed E-state index contributed by atoms with van der Waals surface area (Å²) in [5.74, 6) is -0.518. The van der Waals surface area contributed by atoms with E-state index in [0.29, 0.717) is 23.1 Å². The number of hydrogen-bond acceptors (Lipinski definition) is 4. The van der Waals surface area contributed by atoms with Crippen LogP contribution < -0.4 is 15.1 Å². The molecule has 0 saturated heterocycles. The van der Waals surface area contributed by atoms with Crippen LogP contribution in [0.2, 0.25) is 5.02 Å². The van der Waals surface area contributed by atoms with Gasteiger partial charge in [0.1, 0.15) is 17.1 Å². The van der Waals surface area contributed by atoms with E-state index in [9.17, 15) is 14.0 Å². The van der Waals surface area contributed by atoms with Crippen LogP contribution in [0.15, 0.2) is 75.9 Å². The molecule has 1 amide bonds. The van der Waals surface area contributed by atoms with Gasteiger partial charge < -0.3 is 9.15 Å². The van der Waals surface area contributed by atoms with Crippen LogP contribution in [0.5, 0.6) is 5.75 Å². The van der Waals surface area contributed by atoms with E-state index in [2.05, 4.69) is 0 Å². The van der Waals surface area contributed by atoms with Crippen molar-refractivity contribution in [1.82, 2.24) is 0 Å². The number of hydrogen-bond donors (Lipinski definition) is 0. The van der Waals surface area contributed by atoms with E-state index in [1.54, 1.807) is 54.6 Å². The maximum Gasteiger partial charge on any atom is 0.295 e. The Kier molecular flexibility index (Phi) is 4.94. The van der Waals surface area contributed by atoms with Crippen molar-refractivity contribution >= 4 is 34.2 Å². The van der Waals surface area contributed by atoms with Crippen molar-refractivity contribution in [2.45, 2.75) is 13.0 Å². The van der Waals surface area contributed by atoms with Gasteiger partial charge in [0.15, 0.2) is 5.43 Å². The summed E-state index contributed by atoms with van der Waals surface area (Å²) in [5.41, 5.74) is 0.594. The third kappa shape index (κ3) is 3.15. The fourth-order valence-electron chi connectivity index (χ4n) is 4.07. The highest BCUT2D eigenvalue weighted by Crippen LogP contribution is 2.42. The first-order chi connectivity index (χ1) is 15.5. The van der Waals surface area contributed by atoms with Crippen LogP contribution in [0.1, 0.15) is 34.6 Å². The molecule has 1 atom stereocenters. The van der Waals surface area contributed by atoms with Gasteiger partial charge in [0.05, 0.1) is 23.6 Å². The SMILES string of the molecule is CCOc1ccc(N2C(=O)c3oc4ccc(Cl)cc4c(=O)c3C2c2ccccc2F)cc1. The topological polar surface area (TPSA) is 59.8 Å². The molecular formula is C25H17ClFNO4. The van der Waals surface area contributed by atoms with Gasteiger partial charge in [-0.25, -0.2) is 4.39 Å². The fourth-order valence-corrected chi connectivity index (χ4v) is 4.24. The number of nitrogens with zero attached hydrogens (tertiary/aromatic N) is 1. The minimum atomic E-state index is -0.990. The molecule has 0 N–H and O–H groups in total. The van der Waals surface area contributed by atoms with E-state index in [0.717, 1.165) is 0 Å². The highest BCUT2D eigenvalue weighted by atomic mass is 35.5. The summed E-state index contributed by atoms with van der Waals surface area (Å²) in [6.07, 6.45) is 0. The summed E-state index contributed by atoms with van der Waals surface area (Å²) in [6, 6.07) is 16.5. The molecule has 0 fully saturated rings. The number of carbonyl (C=O) groups excluding carboxylic acids is 1. The molecule has 7 heteroatoms. The molecule has 1 aliphatic heterocycles. The first kappa shape index (κ1) is 20.3. The normalized spacial score (nSPS) is 15.3. The summed E-state index contributed by atoms with van der Waals surface area (Å²) in [6.45, 7) is 2.37. The highest BCUT2D eigenvalue weighted by Gasteiger charge is 2.44. The molecule has 1 unspecified atom stereocenters. The third-order valence-corrected chi connectivity index (χ3v) is 5.69. The number of ether oxygens (including phenoxy) is 1. The number of benzene rings is 3. The Balaban J connectivity index is 1.77. The molecule has 1 aromatic heterocycles. The predicted molar refractivity (Wildman–Crippen MR) is 120 cm³/mol. The molecule has 0 bridgehead atoms. The predicted octanol–water partition coefficient (Wildman–Crippen LogP) is 5.73. The van der Waals surface area contributed by atoms with Gasteiger partial charge in [-0.15, -0.1) is 0 Å². The number of amides is 1. The molecule has 5 rings (SSSR count). The van der Waals surface area contributed by atoms with Crippen LogP contribution >= 0.6 is 11.6 Å². The summed E-state index contributed by atoms with van der Waals surface area (Å²) < 4.78 is 26.3. The molecule has 0 saturated carbocycles. The average molecular weight is 450 g/mol. The number of carbonyl (C=O) groups is 1. The second-order valence-electron chi connectivity index (χ2n) is 7.34. The van der Waals surface area contributed by atoms with Crippen molar-refractivity contribution in [2.24, 2.45) is 0 Å². The minimum Gasteiger partial charge on any atom is -0.494 e. The van der Waals surface area contributed by atoms with E-state index in [1.165, 1.54) is 17.0 Å². The number of anilines is 1. The van der Waals surface area contributed by atoms with Crippen molar-refractivity contribution in [3.8, 4) is 5.75 Å². The second-order valence-corrected chi connectivity index (χ2v) is 7.78. The Morgan fingerprint density at radius 3 is 2.53 bits per heavy atom. The van der Waals surface area contributed by atoms with Gasteiger partial charge >= 0.3 is 0 Å². The van der Waals surface area contributed by atoms with Gasteiger partial charge in [0, 0.05) is 16.3 Å². The van der Waals surface area contributed by atoms with Gasteiger partial charge in [0.2, 0.25) is 5.76 Å². The molecule has 3 aromatic carbocycles. The van der Waals surface area contributed by atoms with Crippen LogP contribution in [0.4, 0.5) is 10.1 Å². The van der Waals surface area contributed by atoms with E-state index >= 15 is 0 Å². The third-order valence-electron chi connectivity index (χ3n) is 5.46. The lowest BCUT2D eigenvalue weighted by atomic mass is 9.97. The Hall–Kier alpha value is -3.64. The molecular weight excluding hydrogens is 433 g/mol. The number of rotatable bonds is 4. The molecule has 4 aromatic rings. The van der Waals surface area contributed by atoms with Gasteiger partial charge in [0.25, 0.3) is 5.91 Å². The molecule has 0 radical (unpaired) electrons. The zero-order valence-corrected chi connectivity index (χ0v) is 17.7. The lowest BCUT2D eigenvalue weighted by molar-refractivity contribution is 0.0970. The molecule has 0 aliphatic carbocycles. The van der Waals surface area contributed by atoms with E-state index in [1.807, 2.05) is 6.92 Å². The fraction of sp³-hybridized carbons (Fsp3) is 0.120. The molecule has 2 heterocycles. The Bertz CT molecular complexity index is 1410. The van der Waals surface area contributed by atoms with E-state index < -0.39 is 23.2 Å². The molecule has 5 nitrogen and oxygen atoms in total. The van der Waals surface area contributed by atoms with Crippen LogP contribution in [0, 0.1) is 5.82 Å². The molecule has 1 aliphatic rings. The highest BCUT2D eigenvalue weighted by molar-refractivity contribution is 6.31. The molecule has 0 spiro atoms. The van der Waals surface area contributed by atoms with Gasteiger partial charge in [-0.05, 0) is 55.5 Å². The lowest BCUT2D eigenvalue weighted by Gasteiger charge is -2.25. The van der Waals surface area contributed by atoms with E-state index in [4.69, 9.17) is 20.8 Å². The largest absolute Gasteiger partial charge is 0.494 e. The Morgan fingerprint density at radius 2 is 1.81 bits per heavy atom. The number of halogens is 2. The zero-order valence-electron chi connectivity index (χ0n) is 17.0. The lowest BCUT2D eigenvalue weighted by Crippen LogP contribution is -2.30. The van der Waals surface area contributed by atoms with Crippen LogP contribution in [0.3, 0.4) is 0 Å². The first-order valence-electron chi connectivity index (χ1n) is 10.1. The zero-order chi connectivity index (χ0) is 22.4. The maximum atomic E-state index is 14.9. The van der Waals surface area contributed by atoms with Crippen LogP contribution in [-0.2, 0) is 0 Å². The van der Waals surface area contributed by atoms with Crippen LogP contribution in [0.25, 0.3) is 11.0 Å². The standard InChI is InChI=1S/C25H17ClFNO4/c1-2-31-16-10-8-15(9-11-16)28-22(17-5-3-4-6-19(17)27)21-23(29)18-13-14(26)7-12-20(18)32-24(21)25(28)30/h3-13,22H,2H2,1H3. The number of fused-ring (bicyclic) bond motifs is 2. The van der Waals surface area contributed by atoms with Crippen LogP contribution in [-0.4, -0.2) is 12.5 Å². The molecule has 32 heavy (non-hydrogen) atoms.